The zero-order valence-corrected chi connectivity index (χ0v) is 14.5. The highest BCUT2D eigenvalue weighted by molar-refractivity contribution is 9.10. The fourth-order valence-electron chi connectivity index (χ4n) is 3.65. The Morgan fingerprint density at radius 2 is 1.91 bits per heavy atom. The molecule has 2 aliphatic rings. The van der Waals surface area contributed by atoms with Crippen molar-refractivity contribution in [3.05, 3.63) is 28.2 Å². The highest BCUT2D eigenvalue weighted by Crippen LogP contribution is 2.33. The van der Waals surface area contributed by atoms with Crippen molar-refractivity contribution in [2.24, 2.45) is 0 Å². The van der Waals surface area contributed by atoms with Gasteiger partial charge in [-0.15, -0.1) is 13.2 Å². The molecule has 1 aromatic rings. The number of nitrogens with one attached hydrogen (secondary N) is 1. The van der Waals surface area contributed by atoms with E-state index in [4.69, 9.17) is 0 Å². The van der Waals surface area contributed by atoms with Crippen molar-refractivity contribution in [3.63, 3.8) is 0 Å². The van der Waals surface area contributed by atoms with Crippen LogP contribution < -0.4 is 10.1 Å². The number of benzene rings is 1. The lowest BCUT2D eigenvalue weighted by Gasteiger charge is -2.35. The average Bonchev–Trinajstić information content (AvgIpc) is 2.79. The summed E-state index contributed by atoms with van der Waals surface area (Å²) in [6.07, 6.45) is 0.121. The third-order valence-corrected chi connectivity index (χ3v) is 5.35. The summed E-state index contributed by atoms with van der Waals surface area (Å²) in [5.41, 5.74) is 0.972. The van der Waals surface area contributed by atoms with E-state index in [1.807, 2.05) is 0 Å². The van der Waals surface area contributed by atoms with Crippen LogP contribution in [0.5, 0.6) is 5.75 Å². The van der Waals surface area contributed by atoms with E-state index < -0.39 is 6.36 Å². The number of hydrogen-bond acceptors (Lipinski definition) is 3. The fourth-order valence-corrected chi connectivity index (χ4v) is 4.16. The summed E-state index contributed by atoms with van der Waals surface area (Å²) in [5, 5.41) is 3.62. The van der Waals surface area contributed by atoms with Gasteiger partial charge in [0.2, 0.25) is 0 Å². The molecular weight excluding hydrogens is 373 g/mol. The van der Waals surface area contributed by atoms with E-state index in [-0.39, 0.29) is 5.75 Å². The van der Waals surface area contributed by atoms with Gasteiger partial charge in [-0.1, -0.05) is 6.07 Å². The van der Waals surface area contributed by atoms with Crippen molar-refractivity contribution in [1.82, 2.24) is 10.2 Å². The van der Waals surface area contributed by atoms with E-state index >= 15 is 0 Å². The largest absolute Gasteiger partial charge is 0.573 e. The number of piperidine rings is 1. The Labute approximate surface area is 142 Å². The molecule has 2 unspecified atom stereocenters. The smallest absolute Gasteiger partial charge is 0.405 e. The van der Waals surface area contributed by atoms with Gasteiger partial charge in [-0.3, -0.25) is 4.90 Å². The topological polar surface area (TPSA) is 24.5 Å². The van der Waals surface area contributed by atoms with Crippen molar-refractivity contribution >= 4 is 15.9 Å². The first-order valence-corrected chi connectivity index (χ1v) is 8.60. The number of alkyl halides is 3. The van der Waals surface area contributed by atoms with Crippen LogP contribution in [0.4, 0.5) is 13.2 Å². The molecule has 0 spiro atoms. The van der Waals surface area contributed by atoms with Crippen LogP contribution in [-0.2, 0) is 6.54 Å². The molecule has 2 atom stereocenters. The second-order valence-corrected chi connectivity index (χ2v) is 7.35. The van der Waals surface area contributed by atoms with E-state index in [9.17, 15) is 13.2 Å². The molecule has 0 aromatic heterocycles. The standard InChI is InChI=1S/C16H20BrF3N2O/c1-22(13-7-11-3-4-12(8-13)21-11)9-10-2-5-15(14(17)6-10)23-16(18,19)20/h2,5-6,11-13,21H,3-4,7-9H2,1H3. The Kier molecular flexibility index (Phi) is 4.90. The van der Waals surface area contributed by atoms with Gasteiger partial charge in [0.05, 0.1) is 4.47 Å². The van der Waals surface area contributed by atoms with Crippen molar-refractivity contribution in [3.8, 4) is 5.75 Å². The quantitative estimate of drug-likeness (QED) is 0.835. The minimum atomic E-state index is -4.67. The molecule has 2 saturated heterocycles. The number of halogens is 4. The Morgan fingerprint density at radius 3 is 2.48 bits per heavy atom. The zero-order chi connectivity index (χ0) is 16.6. The Hall–Kier alpha value is -0.790. The zero-order valence-electron chi connectivity index (χ0n) is 12.9. The maximum Gasteiger partial charge on any atom is 0.573 e. The lowest BCUT2D eigenvalue weighted by molar-refractivity contribution is -0.274. The van der Waals surface area contributed by atoms with Crippen molar-refractivity contribution in [2.45, 2.75) is 56.7 Å². The first kappa shape index (κ1) is 17.0. The van der Waals surface area contributed by atoms with Gasteiger partial charge in [0.25, 0.3) is 0 Å². The van der Waals surface area contributed by atoms with Gasteiger partial charge in [-0.2, -0.15) is 0 Å². The first-order valence-electron chi connectivity index (χ1n) is 7.80. The van der Waals surface area contributed by atoms with Gasteiger partial charge >= 0.3 is 6.36 Å². The van der Waals surface area contributed by atoms with Crippen LogP contribution in [0.2, 0.25) is 0 Å². The third kappa shape index (κ3) is 4.39. The number of rotatable bonds is 4. The van der Waals surface area contributed by atoms with Crippen molar-refractivity contribution in [1.29, 1.82) is 0 Å². The molecular formula is C16H20BrF3N2O. The molecule has 0 amide bonds. The molecule has 3 nitrogen and oxygen atoms in total. The molecule has 2 fully saturated rings. The molecule has 23 heavy (non-hydrogen) atoms. The predicted molar refractivity (Wildman–Crippen MR) is 85.3 cm³/mol. The average molecular weight is 393 g/mol. The lowest BCUT2D eigenvalue weighted by atomic mass is 9.98. The van der Waals surface area contributed by atoms with Crippen molar-refractivity contribution in [2.75, 3.05) is 7.05 Å². The fraction of sp³-hybridized carbons (Fsp3) is 0.625. The molecule has 1 N–H and O–H groups in total. The van der Waals surface area contributed by atoms with E-state index in [1.54, 1.807) is 12.1 Å². The van der Waals surface area contributed by atoms with Gasteiger partial charge in [-0.25, -0.2) is 0 Å². The SMILES string of the molecule is CN(Cc1ccc(OC(F)(F)F)c(Br)c1)C1CC2CCC(C1)N2. The molecule has 0 aliphatic carbocycles. The van der Waals surface area contributed by atoms with E-state index in [2.05, 4.69) is 37.9 Å². The normalized spacial score (nSPS) is 27.5. The summed E-state index contributed by atoms with van der Waals surface area (Å²) < 4.78 is 41.2. The van der Waals surface area contributed by atoms with Crippen LogP contribution in [0.15, 0.2) is 22.7 Å². The molecule has 2 bridgehead atoms. The maximum absolute atomic E-state index is 12.3. The predicted octanol–water partition coefficient (Wildman–Crippen LogP) is 4.06. The molecule has 0 radical (unpaired) electrons. The van der Waals surface area contributed by atoms with E-state index in [1.165, 1.54) is 18.9 Å². The van der Waals surface area contributed by atoms with Crippen molar-refractivity contribution < 1.29 is 17.9 Å². The number of fused-ring (bicyclic) bond motifs is 2. The van der Waals surface area contributed by atoms with Crippen LogP contribution >= 0.6 is 15.9 Å². The number of ether oxygens (including phenoxy) is 1. The van der Waals surface area contributed by atoms with Crippen LogP contribution in [0.3, 0.4) is 0 Å². The van der Waals surface area contributed by atoms with Gasteiger partial charge in [-0.05, 0) is 66.4 Å². The van der Waals surface area contributed by atoms with Gasteiger partial charge < -0.3 is 10.1 Å². The first-order chi connectivity index (χ1) is 10.8. The molecule has 0 saturated carbocycles. The number of hydrogen-bond donors (Lipinski definition) is 1. The molecule has 2 heterocycles. The maximum atomic E-state index is 12.3. The summed E-state index contributed by atoms with van der Waals surface area (Å²) in [6, 6.07) is 6.53. The van der Waals surface area contributed by atoms with Crippen LogP contribution in [0, 0.1) is 0 Å². The van der Waals surface area contributed by atoms with Gasteiger partial charge in [0.1, 0.15) is 5.75 Å². The van der Waals surface area contributed by atoms with Crippen LogP contribution in [0.1, 0.15) is 31.2 Å². The Balaban J connectivity index is 1.62. The highest BCUT2D eigenvalue weighted by Gasteiger charge is 2.35. The lowest BCUT2D eigenvalue weighted by Crippen LogP contribution is -2.46. The molecule has 7 heteroatoms. The number of nitrogens with zero attached hydrogens (tertiary/aromatic N) is 1. The third-order valence-electron chi connectivity index (χ3n) is 4.73. The summed E-state index contributed by atoms with van der Waals surface area (Å²) >= 11 is 3.16. The van der Waals surface area contributed by atoms with Crippen LogP contribution in [-0.4, -0.2) is 36.4 Å². The van der Waals surface area contributed by atoms with Gasteiger partial charge in [0, 0.05) is 24.7 Å². The summed E-state index contributed by atoms with van der Waals surface area (Å²) in [6.45, 7) is 0.717. The second-order valence-electron chi connectivity index (χ2n) is 6.49. The van der Waals surface area contributed by atoms with E-state index in [0.29, 0.717) is 22.6 Å². The summed E-state index contributed by atoms with van der Waals surface area (Å²) in [4.78, 5) is 2.30. The van der Waals surface area contributed by atoms with Crippen LogP contribution in [0.25, 0.3) is 0 Å². The second kappa shape index (κ2) is 6.61. The van der Waals surface area contributed by atoms with E-state index in [0.717, 1.165) is 24.9 Å². The Morgan fingerprint density at radius 1 is 1.26 bits per heavy atom. The van der Waals surface area contributed by atoms with Gasteiger partial charge in [0.15, 0.2) is 0 Å². The molecule has 2 aliphatic heterocycles. The monoisotopic (exact) mass is 392 g/mol. The minimum Gasteiger partial charge on any atom is -0.405 e. The summed E-state index contributed by atoms with van der Waals surface area (Å²) in [7, 11) is 2.09. The summed E-state index contributed by atoms with van der Waals surface area (Å²) in [5.74, 6) is -0.205. The Bertz CT molecular complexity index is 555. The molecule has 1 aromatic carbocycles. The highest BCUT2D eigenvalue weighted by atomic mass is 79.9. The molecule has 3 rings (SSSR count). The molecule has 128 valence electrons. The minimum absolute atomic E-state index is 0.205.